The fraction of sp³-hybridized carbons (Fsp3) is 0.684. The van der Waals surface area contributed by atoms with Crippen molar-refractivity contribution in [2.75, 3.05) is 18.0 Å². The highest BCUT2D eigenvalue weighted by molar-refractivity contribution is 5.49. The Balaban J connectivity index is 2.32. The van der Waals surface area contributed by atoms with E-state index in [4.69, 9.17) is 5.73 Å². The van der Waals surface area contributed by atoms with Crippen LogP contribution in [0.3, 0.4) is 0 Å². The van der Waals surface area contributed by atoms with Crippen LogP contribution in [0.4, 0.5) is 5.69 Å². The molecule has 0 heterocycles. The molecule has 0 saturated heterocycles. The molecule has 1 aliphatic rings. The van der Waals surface area contributed by atoms with E-state index in [0.29, 0.717) is 0 Å². The maximum Gasteiger partial charge on any atom is 0.0529 e. The Hall–Kier alpha value is -1.02. The minimum atomic E-state index is 0.146. The fourth-order valence-corrected chi connectivity index (χ4v) is 4.30. The van der Waals surface area contributed by atoms with Crippen molar-refractivity contribution in [2.24, 2.45) is 17.6 Å². The minimum absolute atomic E-state index is 0.146. The van der Waals surface area contributed by atoms with Gasteiger partial charge < -0.3 is 10.6 Å². The molecule has 1 aromatic rings. The molecule has 21 heavy (non-hydrogen) atoms. The zero-order chi connectivity index (χ0) is 15.3. The van der Waals surface area contributed by atoms with Crippen molar-refractivity contribution in [2.45, 2.75) is 58.4 Å². The van der Waals surface area contributed by atoms with Gasteiger partial charge in [-0.1, -0.05) is 45.4 Å². The first-order valence-electron chi connectivity index (χ1n) is 8.64. The number of nitrogens with two attached hydrogens (primary N) is 1. The SMILES string of the molecule is CCCCN(c1ccccc1)C1(CN)CC(C)CC(C)C1. The predicted molar refractivity (Wildman–Crippen MR) is 92.7 cm³/mol. The molecule has 0 aliphatic heterocycles. The zero-order valence-electron chi connectivity index (χ0n) is 14.0. The molecule has 1 aliphatic carbocycles. The van der Waals surface area contributed by atoms with Crippen molar-refractivity contribution in [1.82, 2.24) is 0 Å². The van der Waals surface area contributed by atoms with Gasteiger partial charge in [-0.2, -0.15) is 0 Å². The average Bonchev–Trinajstić information content (AvgIpc) is 2.47. The molecule has 1 aromatic carbocycles. The van der Waals surface area contributed by atoms with Crippen molar-refractivity contribution in [3.63, 3.8) is 0 Å². The third kappa shape index (κ3) is 3.79. The number of rotatable bonds is 6. The molecule has 1 saturated carbocycles. The first-order chi connectivity index (χ1) is 10.1. The molecule has 2 heteroatoms. The molecule has 1 fully saturated rings. The lowest BCUT2D eigenvalue weighted by Gasteiger charge is -2.51. The molecule has 0 spiro atoms. The van der Waals surface area contributed by atoms with Crippen LogP contribution in [0.1, 0.15) is 52.9 Å². The number of unbranched alkanes of at least 4 members (excludes halogenated alkanes) is 1. The molecule has 118 valence electrons. The number of anilines is 1. The number of hydrogen-bond acceptors (Lipinski definition) is 2. The molecule has 0 radical (unpaired) electrons. The Morgan fingerprint density at radius 1 is 1.14 bits per heavy atom. The van der Waals surface area contributed by atoms with E-state index in [-0.39, 0.29) is 5.54 Å². The standard InChI is InChI=1S/C19H32N2/c1-4-5-11-21(18-9-7-6-8-10-18)19(15-20)13-16(2)12-17(3)14-19/h6-10,16-17H,4-5,11-15,20H2,1-3H3. The van der Waals surface area contributed by atoms with Crippen LogP contribution in [0, 0.1) is 11.8 Å². The van der Waals surface area contributed by atoms with Crippen molar-refractivity contribution >= 4 is 5.69 Å². The molecular weight excluding hydrogens is 256 g/mol. The fourth-order valence-electron chi connectivity index (χ4n) is 4.30. The quantitative estimate of drug-likeness (QED) is 0.838. The second-order valence-electron chi connectivity index (χ2n) is 7.12. The van der Waals surface area contributed by atoms with E-state index in [1.54, 1.807) is 0 Å². The van der Waals surface area contributed by atoms with Gasteiger partial charge in [0.25, 0.3) is 0 Å². The average molecular weight is 288 g/mol. The highest BCUT2D eigenvalue weighted by Gasteiger charge is 2.41. The van der Waals surface area contributed by atoms with Crippen LogP contribution in [0.15, 0.2) is 30.3 Å². The van der Waals surface area contributed by atoms with Crippen LogP contribution in [-0.4, -0.2) is 18.6 Å². The molecule has 2 nitrogen and oxygen atoms in total. The molecule has 2 N–H and O–H groups in total. The Kier molecular flexibility index (Phi) is 5.69. The first kappa shape index (κ1) is 16.4. The van der Waals surface area contributed by atoms with E-state index in [9.17, 15) is 0 Å². The van der Waals surface area contributed by atoms with Crippen molar-refractivity contribution in [3.8, 4) is 0 Å². The minimum Gasteiger partial charge on any atom is -0.365 e. The number of para-hydroxylation sites is 1. The van der Waals surface area contributed by atoms with Crippen molar-refractivity contribution in [3.05, 3.63) is 30.3 Å². The van der Waals surface area contributed by atoms with Crippen LogP contribution in [-0.2, 0) is 0 Å². The van der Waals surface area contributed by atoms with E-state index in [1.165, 1.54) is 37.8 Å². The summed E-state index contributed by atoms with van der Waals surface area (Å²) in [5.41, 5.74) is 7.82. The summed E-state index contributed by atoms with van der Waals surface area (Å²) in [7, 11) is 0. The van der Waals surface area contributed by atoms with Gasteiger partial charge in [-0.15, -0.1) is 0 Å². The number of benzene rings is 1. The van der Waals surface area contributed by atoms with Crippen molar-refractivity contribution < 1.29 is 0 Å². The Morgan fingerprint density at radius 2 is 1.76 bits per heavy atom. The van der Waals surface area contributed by atoms with Gasteiger partial charge >= 0.3 is 0 Å². The molecular formula is C19H32N2. The monoisotopic (exact) mass is 288 g/mol. The van der Waals surface area contributed by atoms with E-state index >= 15 is 0 Å². The summed E-state index contributed by atoms with van der Waals surface area (Å²) in [6.45, 7) is 8.94. The normalized spacial score (nSPS) is 29.3. The maximum atomic E-state index is 6.33. The highest BCUT2D eigenvalue weighted by Crippen LogP contribution is 2.41. The smallest absolute Gasteiger partial charge is 0.0529 e. The maximum absolute atomic E-state index is 6.33. The summed E-state index contributed by atoms with van der Waals surface area (Å²) in [5, 5.41) is 0. The van der Waals surface area contributed by atoms with E-state index in [1.807, 2.05) is 0 Å². The van der Waals surface area contributed by atoms with Gasteiger partial charge in [0.05, 0.1) is 5.54 Å². The molecule has 2 unspecified atom stereocenters. The van der Waals surface area contributed by atoms with Gasteiger partial charge in [-0.25, -0.2) is 0 Å². The van der Waals surface area contributed by atoms with Gasteiger partial charge in [0.2, 0.25) is 0 Å². The summed E-state index contributed by atoms with van der Waals surface area (Å²) in [6, 6.07) is 10.9. The lowest BCUT2D eigenvalue weighted by Crippen LogP contribution is -2.58. The Morgan fingerprint density at radius 3 is 2.29 bits per heavy atom. The van der Waals surface area contributed by atoms with E-state index < -0.39 is 0 Å². The van der Waals surface area contributed by atoms with Crippen LogP contribution in [0.2, 0.25) is 0 Å². The first-order valence-corrected chi connectivity index (χ1v) is 8.64. The Labute approximate surface area is 130 Å². The topological polar surface area (TPSA) is 29.3 Å². The van der Waals surface area contributed by atoms with Gasteiger partial charge in [-0.3, -0.25) is 0 Å². The second kappa shape index (κ2) is 7.31. The zero-order valence-corrected chi connectivity index (χ0v) is 14.0. The summed E-state index contributed by atoms with van der Waals surface area (Å²) in [6.07, 6.45) is 6.27. The summed E-state index contributed by atoms with van der Waals surface area (Å²) in [5.74, 6) is 1.54. The predicted octanol–water partition coefficient (Wildman–Crippen LogP) is 4.45. The van der Waals surface area contributed by atoms with Gasteiger partial charge in [0, 0.05) is 18.8 Å². The van der Waals surface area contributed by atoms with Crippen LogP contribution < -0.4 is 10.6 Å². The van der Waals surface area contributed by atoms with Gasteiger partial charge in [0.1, 0.15) is 0 Å². The van der Waals surface area contributed by atoms with Gasteiger partial charge in [0.15, 0.2) is 0 Å². The Bertz CT molecular complexity index is 405. The van der Waals surface area contributed by atoms with Gasteiger partial charge in [-0.05, 0) is 49.7 Å². The molecule has 0 amide bonds. The molecule has 2 rings (SSSR count). The van der Waals surface area contributed by atoms with E-state index in [2.05, 4.69) is 56.0 Å². The number of hydrogen-bond donors (Lipinski definition) is 1. The van der Waals surface area contributed by atoms with Crippen LogP contribution >= 0.6 is 0 Å². The summed E-state index contributed by atoms with van der Waals surface area (Å²) < 4.78 is 0. The van der Waals surface area contributed by atoms with E-state index in [0.717, 1.165) is 24.9 Å². The third-order valence-corrected chi connectivity index (χ3v) is 5.02. The molecule has 2 atom stereocenters. The largest absolute Gasteiger partial charge is 0.365 e. The lowest BCUT2D eigenvalue weighted by atomic mass is 9.70. The van der Waals surface area contributed by atoms with Crippen LogP contribution in [0.5, 0.6) is 0 Å². The summed E-state index contributed by atoms with van der Waals surface area (Å²) >= 11 is 0. The third-order valence-electron chi connectivity index (χ3n) is 5.02. The van der Waals surface area contributed by atoms with Crippen LogP contribution in [0.25, 0.3) is 0 Å². The molecule has 0 aromatic heterocycles. The summed E-state index contributed by atoms with van der Waals surface area (Å²) in [4.78, 5) is 2.63. The highest BCUT2D eigenvalue weighted by atomic mass is 15.2. The number of nitrogens with zero attached hydrogens (tertiary/aromatic N) is 1. The molecule has 0 bridgehead atoms. The second-order valence-corrected chi connectivity index (χ2v) is 7.12. The van der Waals surface area contributed by atoms with Crippen molar-refractivity contribution in [1.29, 1.82) is 0 Å². The lowest BCUT2D eigenvalue weighted by molar-refractivity contribution is 0.176.